The van der Waals surface area contributed by atoms with Gasteiger partial charge in [-0.3, -0.25) is 4.98 Å². The summed E-state index contributed by atoms with van der Waals surface area (Å²) in [7, 11) is 0. The number of halogens is 5. The van der Waals surface area contributed by atoms with Crippen molar-refractivity contribution in [2.24, 2.45) is 0 Å². The van der Waals surface area contributed by atoms with E-state index in [0.717, 1.165) is 6.07 Å². The van der Waals surface area contributed by atoms with Crippen LogP contribution in [-0.4, -0.2) is 11.3 Å². The van der Waals surface area contributed by atoms with Gasteiger partial charge in [0.15, 0.2) is 11.6 Å². The molecule has 0 aliphatic carbocycles. The molecule has 1 aromatic heterocycles. The van der Waals surface area contributed by atoms with Gasteiger partial charge in [0.1, 0.15) is 0 Å². The molecule has 0 radical (unpaired) electrons. The SMILES string of the molecule is Fc1cnc(CBr)cc1OC(F)(F)F. The van der Waals surface area contributed by atoms with Crippen molar-refractivity contribution in [3.63, 3.8) is 0 Å². The Bertz CT molecular complexity index is 328. The van der Waals surface area contributed by atoms with Gasteiger partial charge in [-0.2, -0.15) is 0 Å². The van der Waals surface area contributed by atoms with Crippen molar-refractivity contribution >= 4 is 15.9 Å². The van der Waals surface area contributed by atoms with Crippen LogP contribution < -0.4 is 4.74 Å². The standard InChI is InChI=1S/C7H4BrF4NO/c8-2-4-1-6(5(9)3-13-4)14-7(10,11)12/h1,3H,2H2. The molecule has 78 valence electrons. The zero-order chi connectivity index (χ0) is 10.8. The molecule has 0 aliphatic rings. The van der Waals surface area contributed by atoms with E-state index in [-0.39, 0.29) is 11.0 Å². The van der Waals surface area contributed by atoms with Crippen molar-refractivity contribution in [1.29, 1.82) is 0 Å². The first-order valence-electron chi connectivity index (χ1n) is 3.38. The summed E-state index contributed by atoms with van der Waals surface area (Å²) in [6.07, 6.45) is -4.22. The second kappa shape index (κ2) is 4.12. The smallest absolute Gasteiger partial charge is 0.403 e. The number of nitrogens with zero attached hydrogens (tertiary/aromatic N) is 1. The minimum Gasteiger partial charge on any atom is -0.403 e. The molecular formula is C7H4BrF4NO. The number of aromatic nitrogens is 1. The summed E-state index contributed by atoms with van der Waals surface area (Å²) in [4.78, 5) is 3.52. The maximum Gasteiger partial charge on any atom is 0.573 e. The molecule has 2 nitrogen and oxygen atoms in total. The number of alkyl halides is 4. The van der Waals surface area contributed by atoms with Crippen LogP contribution in [0.25, 0.3) is 0 Å². The van der Waals surface area contributed by atoms with Crippen LogP contribution in [0.2, 0.25) is 0 Å². The van der Waals surface area contributed by atoms with Crippen LogP contribution >= 0.6 is 15.9 Å². The second-order valence-electron chi connectivity index (χ2n) is 2.29. The molecule has 1 rings (SSSR count). The number of rotatable bonds is 2. The van der Waals surface area contributed by atoms with Crippen molar-refractivity contribution in [3.8, 4) is 5.75 Å². The van der Waals surface area contributed by atoms with Crippen LogP contribution in [0.3, 0.4) is 0 Å². The van der Waals surface area contributed by atoms with Gasteiger partial charge < -0.3 is 4.74 Å². The summed E-state index contributed by atoms with van der Waals surface area (Å²) in [6.45, 7) is 0. The molecule has 0 atom stereocenters. The Kier molecular flexibility index (Phi) is 3.30. The average molecular weight is 274 g/mol. The normalized spacial score (nSPS) is 11.5. The number of ether oxygens (including phenoxy) is 1. The molecule has 0 spiro atoms. The lowest BCUT2D eigenvalue weighted by Crippen LogP contribution is -2.18. The Morgan fingerprint density at radius 1 is 1.43 bits per heavy atom. The fraction of sp³-hybridized carbons (Fsp3) is 0.286. The van der Waals surface area contributed by atoms with Crippen LogP contribution in [-0.2, 0) is 5.33 Å². The lowest BCUT2D eigenvalue weighted by molar-refractivity contribution is -0.275. The van der Waals surface area contributed by atoms with Gasteiger partial charge in [0, 0.05) is 11.4 Å². The van der Waals surface area contributed by atoms with E-state index in [4.69, 9.17) is 0 Å². The Hall–Kier alpha value is -0.850. The van der Waals surface area contributed by atoms with Gasteiger partial charge in [-0.15, -0.1) is 13.2 Å². The van der Waals surface area contributed by atoms with Gasteiger partial charge in [-0.1, -0.05) is 15.9 Å². The zero-order valence-corrected chi connectivity index (χ0v) is 8.19. The highest BCUT2D eigenvalue weighted by atomic mass is 79.9. The largest absolute Gasteiger partial charge is 0.573 e. The maximum absolute atomic E-state index is 12.7. The summed E-state index contributed by atoms with van der Waals surface area (Å²) in [5.41, 5.74) is 0.255. The van der Waals surface area contributed by atoms with Crippen LogP contribution in [0, 0.1) is 5.82 Å². The minimum atomic E-state index is -4.90. The van der Waals surface area contributed by atoms with E-state index in [1.54, 1.807) is 0 Å². The molecule has 7 heteroatoms. The highest BCUT2D eigenvalue weighted by molar-refractivity contribution is 9.08. The molecule has 0 saturated heterocycles. The third-order valence-corrected chi connectivity index (χ3v) is 1.81. The van der Waals surface area contributed by atoms with E-state index < -0.39 is 17.9 Å². The van der Waals surface area contributed by atoms with Crippen LogP contribution in [0.5, 0.6) is 5.75 Å². The highest BCUT2D eigenvalue weighted by Gasteiger charge is 2.32. The van der Waals surface area contributed by atoms with Crippen molar-refractivity contribution in [2.75, 3.05) is 0 Å². The molecule has 1 aromatic rings. The molecule has 0 unspecified atom stereocenters. The van der Waals surface area contributed by atoms with Gasteiger partial charge in [0.05, 0.1) is 11.9 Å². The van der Waals surface area contributed by atoms with E-state index in [0.29, 0.717) is 6.20 Å². The van der Waals surface area contributed by atoms with Gasteiger partial charge in [-0.25, -0.2) is 4.39 Å². The Labute approximate surface area is 85.0 Å². The molecule has 0 amide bonds. The summed E-state index contributed by atoms with van der Waals surface area (Å²) in [5.74, 6) is -2.02. The fourth-order valence-electron chi connectivity index (χ4n) is 0.737. The molecule has 14 heavy (non-hydrogen) atoms. The molecular weight excluding hydrogens is 270 g/mol. The second-order valence-corrected chi connectivity index (χ2v) is 2.85. The molecule has 1 heterocycles. The Balaban J connectivity index is 2.95. The molecule has 0 N–H and O–H groups in total. The van der Waals surface area contributed by atoms with Crippen molar-refractivity contribution in [3.05, 3.63) is 23.8 Å². The minimum absolute atomic E-state index is 0.224. The van der Waals surface area contributed by atoms with E-state index in [1.807, 2.05) is 0 Å². The van der Waals surface area contributed by atoms with Crippen molar-refractivity contribution in [2.45, 2.75) is 11.7 Å². The number of pyridine rings is 1. The van der Waals surface area contributed by atoms with Crippen LogP contribution in [0.15, 0.2) is 12.3 Å². The molecule has 0 fully saturated rings. The van der Waals surface area contributed by atoms with Gasteiger partial charge >= 0.3 is 6.36 Å². The van der Waals surface area contributed by atoms with E-state index >= 15 is 0 Å². The molecule has 0 aromatic carbocycles. The quantitative estimate of drug-likeness (QED) is 0.611. The van der Waals surface area contributed by atoms with Crippen LogP contribution in [0.1, 0.15) is 5.69 Å². The maximum atomic E-state index is 12.7. The summed E-state index contributed by atoms with van der Waals surface area (Å²) in [6, 6.07) is 0.886. The van der Waals surface area contributed by atoms with E-state index in [2.05, 4.69) is 25.7 Å². The summed E-state index contributed by atoms with van der Waals surface area (Å²) >= 11 is 2.97. The van der Waals surface area contributed by atoms with Gasteiger partial charge in [0.2, 0.25) is 0 Å². The van der Waals surface area contributed by atoms with Crippen molar-refractivity contribution in [1.82, 2.24) is 4.98 Å². The number of hydrogen-bond donors (Lipinski definition) is 0. The third-order valence-electron chi connectivity index (χ3n) is 1.24. The first-order valence-corrected chi connectivity index (χ1v) is 4.50. The first-order chi connectivity index (χ1) is 6.42. The number of hydrogen-bond acceptors (Lipinski definition) is 2. The predicted molar refractivity (Wildman–Crippen MR) is 43.5 cm³/mol. The van der Waals surface area contributed by atoms with Gasteiger partial charge in [-0.05, 0) is 0 Å². The fourth-order valence-corrected chi connectivity index (χ4v) is 1.04. The van der Waals surface area contributed by atoms with Gasteiger partial charge in [0.25, 0.3) is 0 Å². The molecule has 0 aliphatic heterocycles. The summed E-state index contributed by atoms with van der Waals surface area (Å²) in [5, 5.41) is 0.224. The van der Waals surface area contributed by atoms with Crippen LogP contribution in [0.4, 0.5) is 17.6 Å². The van der Waals surface area contributed by atoms with E-state index in [1.165, 1.54) is 0 Å². The first kappa shape index (κ1) is 11.2. The van der Waals surface area contributed by atoms with E-state index in [9.17, 15) is 17.6 Å². The third kappa shape index (κ3) is 3.13. The monoisotopic (exact) mass is 273 g/mol. The summed E-state index contributed by atoms with van der Waals surface area (Å²) < 4.78 is 51.4. The average Bonchev–Trinajstić information content (AvgIpc) is 2.06. The Morgan fingerprint density at radius 2 is 2.07 bits per heavy atom. The molecule has 0 saturated carbocycles. The highest BCUT2D eigenvalue weighted by Crippen LogP contribution is 2.25. The zero-order valence-electron chi connectivity index (χ0n) is 6.61. The molecule has 0 bridgehead atoms. The topological polar surface area (TPSA) is 22.1 Å². The lowest BCUT2D eigenvalue weighted by atomic mass is 10.3. The Morgan fingerprint density at radius 3 is 2.57 bits per heavy atom. The predicted octanol–water partition coefficient (Wildman–Crippen LogP) is 3.01. The lowest BCUT2D eigenvalue weighted by Gasteiger charge is -2.09. The van der Waals surface area contributed by atoms with Crippen molar-refractivity contribution < 1.29 is 22.3 Å².